The van der Waals surface area contributed by atoms with Gasteiger partial charge in [-0.3, -0.25) is 35.1 Å². The van der Waals surface area contributed by atoms with Crippen LogP contribution >= 0.6 is 12.2 Å². The van der Waals surface area contributed by atoms with Crippen LogP contribution in [0.1, 0.15) is 10.4 Å². The number of para-hydroxylation sites is 1. The highest BCUT2D eigenvalue weighted by Gasteiger charge is 2.20. The first kappa shape index (κ1) is 24.2. The number of nitrogens with one attached hydrogen (secondary N) is 3. The zero-order chi connectivity index (χ0) is 24.9. The van der Waals surface area contributed by atoms with Crippen molar-refractivity contribution in [2.75, 3.05) is 10.0 Å². The van der Waals surface area contributed by atoms with Crippen molar-refractivity contribution >= 4 is 56.0 Å². The van der Waals surface area contributed by atoms with Crippen LogP contribution in [0.25, 0.3) is 0 Å². The van der Waals surface area contributed by atoms with Gasteiger partial charge in [-0.05, 0) is 48.6 Å². The molecule has 174 valence electrons. The molecule has 3 rings (SSSR count). The fraction of sp³-hybridized carbons (Fsp3) is 0. The quantitative estimate of drug-likeness (QED) is 0.249. The van der Waals surface area contributed by atoms with E-state index in [4.69, 9.17) is 12.2 Å². The van der Waals surface area contributed by atoms with Crippen molar-refractivity contribution in [2.45, 2.75) is 4.90 Å². The first-order valence-electron chi connectivity index (χ1n) is 9.29. The van der Waals surface area contributed by atoms with Crippen LogP contribution in [-0.2, 0) is 10.0 Å². The fourth-order valence-electron chi connectivity index (χ4n) is 2.71. The summed E-state index contributed by atoms with van der Waals surface area (Å²) in [5.74, 6) is -0.907. The van der Waals surface area contributed by atoms with Gasteiger partial charge in [0.2, 0.25) is 0 Å². The zero-order valence-electron chi connectivity index (χ0n) is 17.0. The van der Waals surface area contributed by atoms with E-state index in [9.17, 15) is 33.4 Å². The summed E-state index contributed by atoms with van der Waals surface area (Å²) in [5, 5.41) is 26.7. The Morgan fingerprint density at radius 2 is 1.38 bits per heavy atom. The lowest BCUT2D eigenvalue weighted by Gasteiger charge is -2.11. The van der Waals surface area contributed by atoms with E-state index in [1.165, 1.54) is 24.3 Å². The summed E-state index contributed by atoms with van der Waals surface area (Å²) in [4.78, 5) is 32.6. The molecule has 0 aliphatic carbocycles. The third-order valence-electron chi connectivity index (χ3n) is 4.26. The molecule has 0 aliphatic rings. The summed E-state index contributed by atoms with van der Waals surface area (Å²) < 4.78 is 27.4. The maximum Gasteiger partial charge on any atom is 0.277 e. The summed E-state index contributed by atoms with van der Waals surface area (Å²) in [6.07, 6.45) is 0. The Hall–Kier alpha value is -4.43. The first-order chi connectivity index (χ1) is 16.0. The number of non-ortho nitro benzene ring substituents is 2. The Balaban J connectivity index is 1.68. The molecule has 0 aromatic heterocycles. The van der Waals surface area contributed by atoms with Crippen LogP contribution in [0.2, 0.25) is 0 Å². The number of hydrogen-bond donors (Lipinski definition) is 3. The molecule has 14 heteroatoms. The van der Waals surface area contributed by atoms with Gasteiger partial charge in [0.15, 0.2) is 5.11 Å². The number of thiocarbonyl (C=S) groups is 1. The van der Waals surface area contributed by atoms with E-state index in [1.807, 2.05) is 0 Å². The van der Waals surface area contributed by atoms with Crippen LogP contribution in [0, 0.1) is 20.2 Å². The van der Waals surface area contributed by atoms with Gasteiger partial charge >= 0.3 is 0 Å². The number of benzene rings is 3. The molecule has 0 atom stereocenters. The van der Waals surface area contributed by atoms with E-state index in [1.54, 1.807) is 30.3 Å². The summed E-state index contributed by atoms with van der Waals surface area (Å²) in [6, 6.07) is 16.3. The molecule has 12 nitrogen and oxygen atoms in total. The fourth-order valence-corrected chi connectivity index (χ4v) is 3.98. The summed E-state index contributed by atoms with van der Waals surface area (Å²) in [5.41, 5.74) is -0.847. The van der Waals surface area contributed by atoms with Crippen LogP contribution in [0.4, 0.5) is 22.7 Å². The van der Waals surface area contributed by atoms with Crippen LogP contribution in [0.15, 0.2) is 77.7 Å². The van der Waals surface area contributed by atoms with E-state index < -0.39 is 37.2 Å². The van der Waals surface area contributed by atoms with Crippen LogP contribution in [-0.4, -0.2) is 29.3 Å². The van der Waals surface area contributed by atoms with E-state index in [0.29, 0.717) is 11.4 Å². The molecule has 0 heterocycles. The Labute approximate surface area is 198 Å². The number of anilines is 2. The van der Waals surface area contributed by atoms with Crippen molar-refractivity contribution in [2.24, 2.45) is 0 Å². The third kappa shape index (κ3) is 6.08. The molecule has 3 aromatic carbocycles. The Bertz CT molecular complexity index is 1350. The molecule has 0 aliphatic heterocycles. The van der Waals surface area contributed by atoms with Crippen molar-refractivity contribution in [3.05, 3.63) is 98.6 Å². The molecule has 1 amide bonds. The topological polar surface area (TPSA) is 174 Å². The van der Waals surface area contributed by atoms with Gasteiger partial charge in [0.1, 0.15) is 0 Å². The first-order valence-corrected chi connectivity index (χ1v) is 11.2. The Kier molecular flexibility index (Phi) is 7.13. The molecule has 3 N–H and O–H groups in total. The van der Waals surface area contributed by atoms with Crippen LogP contribution < -0.4 is 15.4 Å². The number of nitro groups is 2. The van der Waals surface area contributed by atoms with Gasteiger partial charge in [0.05, 0.1) is 26.4 Å². The smallest absolute Gasteiger partial charge is 0.277 e. The highest BCUT2D eigenvalue weighted by atomic mass is 32.2. The SMILES string of the molecule is O=C(NC(=S)Nc1ccc(S(=O)(=O)Nc2ccccc2)cc1)c1cc([N+](=O)[O-])cc([N+](=O)[O-])c1. The van der Waals surface area contributed by atoms with Crippen molar-refractivity contribution in [3.63, 3.8) is 0 Å². The summed E-state index contributed by atoms with van der Waals surface area (Å²) >= 11 is 5.03. The van der Waals surface area contributed by atoms with Gasteiger partial charge in [-0.2, -0.15) is 0 Å². The maximum atomic E-state index is 12.5. The highest BCUT2D eigenvalue weighted by molar-refractivity contribution is 7.92. The lowest BCUT2D eigenvalue weighted by Crippen LogP contribution is -2.34. The highest BCUT2D eigenvalue weighted by Crippen LogP contribution is 2.23. The second-order valence-corrected chi connectivity index (χ2v) is 8.75. The molecule has 3 aromatic rings. The van der Waals surface area contributed by atoms with E-state index >= 15 is 0 Å². The van der Waals surface area contributed by atoms with Gasteiger partial charge < -0.3 is 5.32 Å². The van der Waals surface area contributed by atoms with E-state index in [0.717, 1.165) is 18.2 Å². The molecule has 0 saturated heterocycles. The second-order valence-electron chi connectivity index (χ2n) is 6.66. The number of sulfonamides is 1. The second kappa shape index (κ2) is 10.0. The molecule has 0 radical (unpaired) electrons. The largest absolute Gasteiger partial charge is 0.332 e. The predicted octanol–water partition coefficient (Wildman–Crippen LogP) is 3.43. The predicted molar refractivity (Wildman–Crippen MR) is 127 cm³/mol. The molecule has 0 bridgehead atoms. The standard InChI is InChI=1S/C20H15N5O7S2/c26-19(13-10-16(24(27)28)12-17(11-13)25(29)30)22-20(33)21-14-6-8-18(9-7-14)34(31,32)23-15-4-2-1-3-5-15/h1-12,23H,(H2,21,22,26,33). The molecule has 0 unspecified atom stereocenters. The van der Waals surface area contributed by atoms with E-state index in [-0.39, 0.29) is 15.6 Å². The van der Waals surface area contributed by atoms with Crippen LogP contribution in [0.5, 0.6) is 0 Å². The molecule has 0 fully saturated rings. The normalized spacial score (nSPS) is 10.7. The molecular weight excluding hydrogens is 486 g/mol. The molecule has 0 saturated carbocycles. The lowest BCUT2D eigenvalue weighted by atomic mass is 10.1. The van der Waals surface area contributed by atoms with Crippen molar-refractivity contribution < 1.29 is 23.1 Å². The van der Waals surface area contributed by atoms with Gasteiger partial charge in [-0.1, -0.05) is 18.2 Å². The average Bonchev–Trinajstić information content (AvgIpc) is 2.79. The number of carbonyl (C=O) groups excluding carboxylic acids is 1. The number of nitrogens with zero attached hydrogens (tertiary/aromatic N) is 2. The van der Waals surface area contributed by atoms with Crippen molar-refractivity contribution in [1.82, 2.24) is 5.32 Å². The Morgan fingerprint density at radius 1 is 0.824 bits per heavy atom. The van der Waals surface area contributed by atoms with Gasteiger partial charge in [0, 0.05) is 23.5 Å². The van der Waals surface area contributed by atoms with Gasteiger partial charge in [-0.15, -0.1) is 0 Å². The number of carbonyl (C=O) groups is 1. The summed E-state index contributed by atoms with van der Waals surface area (Å²) in [7, 11) is -3.83. The molecular formula is C20H15N5O7S2. The number of rotatable bonds is 7. The number of nitro benzene ring substituents is 2. The summed E-state index contributed by atoms with van der Waals surface area (Å²) in [6.45, 7) is 0. The Morgan fingerprint density at radius 3 is 1.91 bits per heavy atom. The minimum absolute atomic E-state index is 0.0132. The molecule has 0 spiro atoms. The van der Waals surface area contributed by atoms with E-state index in [2.05, 4.69) is 15.4 Å². The van der Waals surface area contributed by atoms with Crippen molar-refractivity contribution in [1.29, 1.82) is 0 Å². The third-order valence-corrected chi connectivity index (χ3v) is 5.86. The minimum atomic E-state index is -3.83. The number of amides is 1. The minimum Gasteiger partial charge on any atom is -0.332 e. The zero-order valence-corrected chi connectivity index (χ0v) is 18.6. The average molecular weight is 502 g/mol. The maximum absolute atomic E-state index is 12.5. The molecule has 34 heavy (non-hydrogen) atoms. The number of hydrogen-bond acceptors (Lipinski definition) is 8. The van der Waals surface area contributed by atoms with Gasteiger partial charge in [0.25, 0.3) is 27.3 Å². The monoisotopic (exact) mass is 501 g/mol. The van der Waals surface area contributed by atoms with Crippen molar-refractivity contribution in [3.8, 4) is 0 Å². The van der Waals surface area contributed by atoms with Gasteiger partial charge in [-0.25, -0.2) is 8.42 Å². The van der Waals surface area contributed by atoms with Crippen LogP contribution in [0.3, 0.4) is 0 Å². The lowest BCUT2D eigenvalue weighted by molar-refractivity contribution is -0.394.